The van der Waals surface area contributed by atoms with Gasteiger partial charge in [0.25, 0.3) is 0 Å². The number of carbonyl (C=O) groups excluding carboxylic acids is 1. The number of carbonyl (C=O) groups is 1. The van der Waals surface area contributed by atoms with Crippen LogP contribution >= 0.6 is 0 Å². The van der Waals surface area contributed by atoms with E-state index >= 15 is 0 Å². The third-order valence-electron chi connectivity index (χ3n) is 3.17. The molecule has 0 radical (unpaired) electrons. The van der Waals surface area contributed by atoms with Crippen molar-refractivity contribution in [3.63, 3.8) is 0 Å². The molecule has 1 amide bonds. The van der Waals surface area contributed by atoms with Gasteiger partial charge >= 0.3 is 0 Å². The quantitative estimate of drug-likeness (QED) is 0.614. The van der Waals surface area contributed by atoms with E-state index in [1.54, 1.807) is 6.92 Å². The summed E-state index contributed by atoms with van der Waals surface area (Å²) in [5.74, 6) is 0.118. The van der Waals surface area contributed by atoms with Gasteiger partial charge in [-0.2, -0.15) is 0 Å². The predicted octanol–water partition coefficient (Wildman–Crippen LogP) is 0.346. The Morgan fingerprint density at radius 2 is 2.08 bits per heavy atom. The SMILES string of the molecule is C[C@@H](N)C(=O)N1CC2(CCC2)C1. The third-order valence-corrected chi connectivity index (χ3v) is 3.17. The van der Waals surface area contributed by atoms with Gasteiger partial charge in [0.2, 0.25) is 5.91 Å². The second-order valence-corrected chi connectivity index (χ2v) is 4.34. The Bertz CT molecular complexity index is 201. The second-order valence-electron chi connectivity index (χ2n) is 4.34. The molecule has 2 fully saturated rings. The van der Waals surface area contributed by atoms with Crippen LogP contribution in [0.5, 0.6) is 0 Å². The van der Waals surface area contributed by atoms with E-state index < -0.39 is 0 Å². The molecule has 0 unspecified atom stereocenters. The van der Waals surface area contributed by atoms with Crippen LogP contribution in [0, 0.1) is 5.41 Å². The summed E-state index contributed by atoms with van der Waals surface area (Å²) in [5, 5.41) is 0. The minimum atomic E-state index is -0.317. The fourth-order valence-electron chi connectivity index (χ4n) is 2.20. The molecule has 1 saturated heterocycles. The number of hydrogen-bond acceptors (Lipinski definition) is 2. The summed E-state index contributed by atoms with van der Waals surface area (Å²) in [6, 6.07) is -0.317. The topological polar surface area (TPSA) is 46.3 Å². The lowest BCUT2D eigenvalue weighted by Gasteiger charge is -2.56. The molecule has 3 nitrogen and oxygen atoms in total. The Labute approximate surface area is 72.9 Å². The predicted molar refractivity (Wildman–Crippen MR) is 46.5 cm³/mol. The van der Waals surface area contributed by atoms with E-state index in [-0.39, 0.29) is 11.9 Å². The van der Waals surface area contributed by atoms with E-state index in [0.29, 0.717) is 5.41 Å². The van der Waals surface area contributed by atoms with Crippen LogP contribution in [0.3, 0.4) is 0 Å². The number of rotatable bonds is 1. The van der Waals surface area contributed by atoms with Crippen LogP contribution in [0.2, 0.25) is 0 Å². The van der Waals surface area contributed by atoms with Gasteiger partial charge in [0.05, 0.1) is 6.04 Å². The highest BCUT2D eigenvalue weighted by Gasteiger charge is 2.49. The lowest BCUT2D eigenvalue weighted by molar-refractivity contribution is -0.150. The molecule has 1 aliphatic heterocycles. The van der Waals surface area contributed by atoms with Gasteiger partial charge in [0.15, 0.2) is 0 Å². The Hall–Kier alpha value is -0.570. The average Bonchev–Trinajstić information content (AvgIpc) is 1.80. The summed E-state index contributed by atoms with van der Waals surface area (Å²) in [7, 11) is 0. The molecule has 68 valence electrons. The molecule has 1 saturated carbocycles. The normalized spacial score (nSPS) is 27.7. The maximum atomic E-state index is 11.4. The van der Waals surface area contributed by atoms with E-state index in [2.05, 4.69) is 0 Å². The Balaban J connectivity index is 1.84. The van der Waals surface area contributed by atoms with E-state index in [0.717, 1.165) is 13.1 Å². The standard InChI is InChI=1S/C9H16N2O/c1-7(10)8(12)11-5-9(6-11)3-2-4-9/h7H,2-6,10H2,1H3/t7-/m1/s1. The van der Waals surface area contributed by atoms with Gasteiger partial charge in [-0.3, -0.25) is 4.79 Å². The van der Waals surface area contributed by atoms with Crippen molar-refractivity contribution in [2.24, 2.45) is 11.1 Å². The number of likely N-dealkylation sites (tertiary alicyclic amines) is 1. The van der Waals surface area contributed by atoms with Crippen LogP contribution in [0.25, 0.3) is 0 Å². The van der Waals surface area contributed by atoms with Gasteiger partial charge in [-0.25, -0.2) is 0 Å². The number of amides is 1. The minimum Gasteiger partial charge on any atom is -0.340 e. The third kappa shape index (κ3) is 1.04. The van der Waals surface area contributed by atoms with Crippen molar-refractivity contribution in [1.82, 2.24) is 4.90 Å². The fourth-order valence-corrected chi connectivity index (χ4v) is 2.20. The molecule has 3 heteroatoms. The number of nitrogens with two attached hydrogens (primary N) is 1. The zero-order chi connectivity index (χ0) is 8.77. The van der Waals surface area contributed by atoms with E-state index in [1.165, 1.54) is 19.3 Å². The van der Waals surface area contributed by atoms with E-state index in [9.17, 15) is 4.79 Å². The smallest absolute Gasteiger partial charge is 0.239 e. The lowest BCUT2D eigenvalue weighted by atomic mass is 9.63. The zero-order valence-electron chi connectivity index (χ0n) is 7.55. The van der Waals surface area contributed by atoms with Crippen molar-refractivity contribution in [3.8, 4) is 0 Å². The molecule has 0 bridgehead atoms. The van der Waals surface area contributed by atoms with Crippen LogP contribution in [0.15, 0.2) is 0 Å². The van der Waals surface area contributed by atoms with Crippen LogP contribution < -0.4 is 5.73 Å². The Kier molecular flexibility index (Phi) is 1.65. The fraction of sp³-hybridized carbons (Fsp3) is 0.889. The first-order chi connectivity index (χ1) is 5.63. The van der Waals surface area contributed by atoms with Gasteiger partial charge in [0.1, 0.15) is 0 Å². The highest BCUT2D eigenvalue weighted by molar-refractivity contribution is 5.82. The first-order valence-corrected chi connectivity index (χ1v) is 4.67. The van der Waals surface area contributed by atoms with Crippen molar-refractivity contribution in [2.45, 2.75) is 32.2 Å². The Morgan fingerprint density at radius 3 is 2.42 bits per heavy atom. The van der Waals surface area contributed by atoms with Crippen molar-refractivity contribution in [1.29, 1.82) is 0 Å². The summed E-state index contributed by atoms with van der Waals surface area (Å²) >= 11 is 0. The van der Waals surface area contributed by atoms with Crippen molar-refractivity contribution in [2.75, 3.05) is 13.1 Å². The van der Waals surface area contributed by atoms with Gasteiger partial charge in [-0.05, 0) is 19.8 Å². The molecule has 12 heavy (non-hydrogen) atoms. The molecule has 2 aliphatic rings. The summed E-state index contributed by atoms with van der Waals surface area (Å²) in [4.78, 5) is 13.2. The van der Waals surface area contributed by atoms with Crippen molar-refractivity contribution in [3.05, 3.63) is 0 Å². The first kappa shape index (κ1) is 8.05. The van der Waals surface area contributed by atoms with Crippen molar-refractivity contribution >= 4 is 5.91 Å². The van der Waals surface area contributed by atoms with Crippen LogP contribution in [0.4, 0.5) is 0 Å². The van der Waals surface area contributed by atoms with E-state index in [1.807, 2.05) is 4.90 Å². The molecular weight excluding hydrogens is 152 g/mol. The van der Waals surface area contributed by atoms with Crippen LogP contribution in [0.1, 0.15) is 26.2 Å². The molecule has 1 aliphatic carbocycles. The molecular formula is C9H16N2O. The van der Waals surface area contributed by atoms with Crippen LogP contribution in [-0.4, -0.2) is 29.9 Å². The maximum Gasteiger partial charge on any atom is 0.239 e. The zero-order valence-corrected chi connectivity index (χ0v) is 7.55. The van der Waals surface area contributed by atoms with Gasteiger partial charge in [0, 0.05) is 18.5 Å². The summed E-state index contributed by atoms with van der Waals surface area (Å²) in [5.41, 5.74) is 6.04. The Morgan fingerprint density at radius 1 is 1.50 bits per heavy atom. The molecule has 1 heterocycles. The molecule has 0 aromatic rings. The second kappa shape index (κ2) is 2.46. The highest BCUT2D eigenvalue weighted by Crippen LogP contribution is 2.48. The first-order valence-electron chi connectivity index (χ1n) is 4.67. The summed E-state index contributed by atoms with van der Waals surface area (Å²) in [6.45, 7) is 3.69. The average molecular weight is 168 g/mol. The molecule has 2 rings (SSSR count). The molecule has 0 aromatic heterocycles. The van der Waals surface area contributed by atoms with Crippen molar-refractivity contribution < 1.29 is 4.79 Å². The number of hydrogen-bond donors (Lipinski definition) is 1. The lowest BCUT2D eigenvalue weighted by Crippen LogP contribution is -2.63. The van der Waals surface area contributed by atoms with Gasteiger partial charge in [-0.15, -0.1) is 0 Å². The van der Waals surface area contributed by atoms with E-state index in [4.69, 9.17) is 5.73 Å². The number of nitrogens with zero attached hydrogens (tertiary/aromatic N) is 1. The monoisotopic (exact) mass is 168 g/mol. The molecule has 1 spiro atoms. The minimum absolute atomic E-state index is 0.118. The van der Waals surface area contributed by atoms with Gasteiger partial charge in [-0.1, -0.05) is 6.42 Å². The molecule has 2 N–H and O–H groups in total. The molecule has 1 atom stereocenters. The summed E-state index contributed by atoms with van der Waals surface area (Å²) < 4.78 is 0. The molecule has 0 aromatic carbocycles. The maximum absolute atomic E-state index is 11.4. The largest absolute Gasteiger partial charge is 0.340 e. The summed E-state index contributed by atoms with van der Waals surface area (Å²) in [6.07, 6.45) is 3.98. The van der Waals surface area contributed by atoms with Gasteiger partial charge < -0.3 is 10.6 Å². The highest BCUT2D eigenvalue weighted by atomic mass is 16.2. The van der Waals surface area contributed by atoms with Crippen LogP contribution in [-0.2, 0) is 4.79 Å².